The predicted molar refractivity (Wildman–Crippen MR) is 101 cm³/mol. The monoisotopic (exact) mass is 344 g/mol. The van der Waals surface area contributed by atoms with Crippen molar-refractivity contribution in [1.29, 1.82) is 0 Å². The molecule has 2 aromatic heterocycles. The Morgan fingerprint density at radius 3 is 2.73 bits per heavy atom. The second-order valence-corrected chi connectivity index (χ2v) is 6.18. The third-order valence-electron chi connectivity index (χ3n) is 4.20. The van der Waals surface area contributed by atoms with Gasteiger partial charge in [0.05, 0.1) is 18.8 Å². The minimum Gasteiger partial charge on any atom is -0.491 e. The standard InChI is InChI=1S/C21H20N4O/c1-2-7-17(8-3-1)15-25-16-19(23-24-25)11-6-14-26-20-12-4-9-18-10-5-13-22-21(18)20/h1-5,7-10,12-13,16H,6,11,14-15H2. The van der Waals surface area contributed by atoms with Crippen LogP contribution in [0, 0.1) is 0 Å². The molecule has 4 aromatic rings. The summed E-state index contributed by atoms with van der Waals surface area (Å²) in [6.45, 7) is 1.37. The molecule has 0 aliphatic heterocycles. The number of fused-ring (bicyclic) bond motifs is 1. The number of nitrogens with zero attached hydrogens (tertiary/aromatic N) is 4. The molecular formula is C21H20N4O. The van der Waals surface area contributed by atoms with Crippen LogP contribution in [-0.2, 0) is 13.0 Å². The van der Waals surface area contributed by atoms with E-state index in [2.05, 4.69) is 27.4 Å². The van der Waals surface area contributed by atoms with Crippen molar-refractivity contribution in [2.45, 2.75) is 19.4 Å². The average molecular weight is 344 g/mol. The van der Waals surface area contributed by atoms with Crippen LogP contribution < -0.4 is 4.74 Å². The van der Waals surface area contributed by atoms with Crippen LogP contribution in [0.5, 0.6) is 5.75 Å². The lowest BCUT2D eigenvalue weighted by Crippen LogP contribution is -2.01. The first-order chi connectivity index (χ1) is 12.9. The Morgan fingerprint density at radius 1 is 0.923 bits per heavy atom. The number of aromatic nitrogens is 4. The molecule has 0 N–H and O–H groups in total. The van der Waals surface area contributed by atoms with Gasteiger partial charge in [-0.15, -0.1) is 5.10 Å². The van der Waals surface area contributed by atoms with Gasteiger partial charge in [0.2, 0.25) is 0 Å². The molecule has 0 amide bonds. The van der Waals surface area contributed by atoms with Crippen LogP contribution in [0.15, 0.2) is 73.1 Å². The van der Waals surface area contributed by atoms with Gasteiger partial charge in [0.1, 0.15) is 11.3 Å². The third kappa shape index (κ3) is 3.88. The molecule has 4 rings (SSSR count). The number of aryl methyl sites for hydroxylation is 1. The van der Waals surface area contributed by atoms with Gasteiger partial charge in [-0.1, -0.05) is 53.7 Å². The molecular weight excluding hydrogens is 324 g/mol. The van der Waals surface area contributed by atoms with Crippen molar-refractivity contribution in [3.63, 3.8) is 0 Å². The molecule has 2 aromatic carbocycles. The molecule has 0 unspecified atom stereocenters. The van der Waals surface area contributed by atoms with Crippen LogP contribution in [0.3, 0.4) is 0 Å². The summed E-state index contributed by atoms with van der Waals surface area (Å²) in [4.78, 5) is 4.41. The minimum absolute atomic E-state index is 0.626. The van der Waals surface area contributed by atoms with Gasteiger partial charge in [-0.05, 0) is 30.5 Å². The van der Waals surface area contributed by atoms with Gasteiger partial charge in [-0.25, -0.2) is 4.68 Å². The molecule has 130 valence electrons. The summed E-state index contributed by atoms with van der Waals surface area (Å²) in [6.07, 6.45) is 5.52. The number of para-hydroxylation sites is 1. The molecule has 0 fully saturated rings. The molecule has 0 saturated carbocycles. The highest BCUT2D eigenvalue weighted by molar-refractivity contribution is 5.84. The van der Waals surface area contributed by atoms with E-state index in [0.29, 0.717) is 6.61 Å². The lowest BCUT2D eigenvalue weighted by atomic mass is 10.2. The number of hydrogen-bond donors (Lipinski definition) is 0. The Balaban J connectivity index is 1.30. The molecule has 26 heavy (non-hydrogen) atoms. The van der Waals surface area contributed by atoms with Crippen LogP contribution in [0.4, 0.5) is 0 Å². The predicted octanol–water partition coefficient (Wildman–Crippen LogP) is 3.89. The van der Waals surface area contributed by atoms with Crippen LogP contribution in [0.1, 0.15) is 17.7 Å². The van der Waals surface area contributed by atoms with E-state index in [1.165, 1.54) is 5.56 Å². The molecule has 0 aliphatic rings. The number of pyridine rings is 1. The lowest BCUT2D eigenvalue weighted by Gasteiger charge is -2.07. The highest BCUT2D eigenvalue weighted by Crippen LogP contribution is 2.23. The van der Waals surface area contributed by atoms with Gasteiger partial charge in [0.25, 0.3) is 0 Å². The maximum atomic E-state index is 5.93. The third-order valence-corrected chi connectivity index (χ3v) is 4.20. The second-order valence-electron chi connectivity index (χ2n) is 6.18. The molecule has 0 spiro atoms. The van der Waals surface area contributed by atoms with Crippen LogP contribution in [-0.4, -0.2) is 26.6 Å². The smallest absolute Gasteiger partial charge is 0.145 e. The number of benzene rings is 2. The second kappa shape index (κ2) is 7.78. The molecule has 5 heteroatoms. The first kappa shape index (κ1) is 16.3. The normalized spacial score (nSPS) is 10.9. The quantitative estimate of drug-likeness (QED) is 0.477. The largest absolute Gasteiger partial charge is 0.491 e. The Morgan fingerprint density at radius 2 is 1.81 bits per heavy atom. The number of ether oxygens (including phenoxy) is 1. The Bertz CT molecular complexity index is 976. The van der Waals surface area contributed by atoms with Crippen LogP contribution >= 0.6 is 0 Å². The summed E-state index contributed by atoms with van der Waals surface area (Å²) in [5.74, 6) is 0.829. The maximum absolute atomic E-state index is 5.93. The van der Waals surface area contributed by atoms with Crippen LogP contribution in [0.25, 0.3) is 10.9 Å². The van der Waals surface area contributed by atoms with E-state index >= 15 is 0 Å². The van der Waals surface area contributed by atoms with Crippen molar-refractivity contribution in [2.75, 3.05) is 6.61 Å². The van der Waals surface area contributed by atoms with Crippen LogP contribution in [0.2, 0.25) is 0 Å². The molecule has 5 nitrogen and oxygen atoms in total. The summed E-state index contributed by atoms with van der Waals surface area (Å²) in [5, 5.41) is 9.55. The van der Waals surface area contributed by atoms with Gasteiger partial charge in [0.15, 0.2) is 0 Å². The van der Waals surface area contributed by atoms with Crippen molar-refractivity contribution in [3.8, 4) is 5.75 Å². The molecule has 0 aliphatic carbocycles. The Labute approximate surface area is 152 Å². The minimum atomic E-state index is 0.626. The topological polar surface area (TPSA) is 52.8 Å². The van der Waals surface area contributed by atoms with Crippen molar-refractivity contribution in [1.82, 2.24) is 20.0 Å². The van der Waals surface area contributed by atoms with Crippen molar-refractivity contribution < 1.29 is 4.74 Å². The van der Waals surface area contributed by atoms with Crippen molar-refractivity contribution >= 4 is 10.9 Å². The molecule has 0 bridgehead atoms. The lowest BCUT2D eigenvalue weighted by molar-refractivity contribution is 0.313. The zero-order chi connectivity index (χ0) is 17.6. The summed E-state index contributed by atoms with van der Waals surface area (Å²) >= 11 is 0. The fraction of sp³-hybridized carbons (Fsp3) is 0.190. The molecule has 2 heterocycles. The van der Waals surface area contributed by atoms with E-state index in [1.54, 1.807) is 6.20 Å². The van der Waals surface area contributed by atoms with E-state index in [9.17, 15) is 0 Å². The highest BCUT2D eigenvalue weighted by atomic mass is 16.5. The maximum Gasteiger partial charge on any atom is 0.145 e. The van der Waals surface area contributed by atoms with Gasteiger partial charge < -0.3 is 4.74 Å². The fourth-order valence-electron chi connectivity index (χ4n) is 2.93. The van der Waals surface area contributed by atoms with E-state index in [1.807, 2.05) is 59.4 Å². The molecule has 0 radical (unpaired) electrons. The first-order valence-electron chi connectivity index (χ1n) is 8.78. The van der Waals surface area contributed by atoms with Gasteiger partial charge in [-0.2, -0.15) is 0 Å². The van der Waals surface area contributed by atoms with Crippen molar-refractivity contribution in [3.05, 3.63) is 84.3 Å². The summed E-state index contributed by atoms with van der Waals surface area (Å²) < 4.78 is 7.80. The van der Waals surface area contributed by atoms with Gasteiger partial charge in [0, 0.05) is 17.8 Å². The summed E-state index contributed by atoms with van der Waals surface area (Å²) in [7, 11) is 0. The molecule has 0 atom stereocenters. The molecule has 0 saturated heterocycles. The SMILES string of the molecule is c1ccc(Cn2cc(CCCOc3cccc4cccnc34)nn2)cc1. The van der Waals surface area contributed by atoms with E-state index in [-0.39, 0.29) is 0 Å². The zero-order valence-corrected chi connectivity index (χ0v) is 14.5. The van der Waals surface area contributed by atoms with Gasteiger partial charge in [-0.3, -0.25) is 4.98 Å². The number of rotatable bonds is 7. The number of hydrogen-bond acceptors (Lipinski definition) is 4. The summed E-state index contributed by atoms with van der Waals surface area (Å²) in [5.41, 5.74) is 3.11. The fourth-order valence-corrected chi connectivity index (χ4v) is 2.93. The first-order valence-corrected chi connectivity index (χ1v) is 8.78. The summed E-state index contributed by atoms with van der Waals surface area (Å²) in [6, 6.07) is 20.2. The van der Waals surface area contributed by atoms with E-state index in [4.69, 9.17) is 4.74 Å². The Hall–Kier alpha value is -3.21. The van der Waals surface area contributed by atoms with Crippen molar-refractivity contribution in [2.24, 2.45) is 0 Å². The zero-order valence-electron chi connectivity index (χ0n) is 14.5. The van der Waals surface area contributed by atoms with E-state index < -0.39 is 0 Å². The Kier molecular flexibility index (Phi) is 4.87. The average Bonchev–Trinajstić information content (AvgIpc) is 3.13. The highest BCUT2D eigenvalue weighted by Gasteiger charge is 2.04. The van der Waals surface area contributed by atoms with Gasteiger partial charge >= 0.3 is 0 Å². The van der Waals surface area contributed by atoms with E-state index in [0.717, 1.165) is 41.7 Å².